The maximum atomic E-state index is 13.5. The van der Waals surface area contributed by atoms with Gasteiger partial charge in [0.05, 0.1) is 6.61 Å². The van der Waals surface area contributed by atoms with Crippen LogP contribution in [0.25, 0.3) is 0 Å². The molecule has 0 atom stereocenters. The minimum absolute atomic E-state index is 0.0380. The van der Waals surface area contributed by atoms with Crippen LogP contribution in [0.3, 0.4) is 0 Å². The van der Waals surface area contributed by atoms with Crippen molar-refractivity contribution in [3.8, 4) is 5.75 Å². The van der Waals surface area contributed by atoms with Gasteiger partial charge in [-0.25, -0.2) is 4.39 Å². The molecule has 2 nitrogen and oxygen atoms in total. The lowest BCUT2D eigenvalue weighted by atomic mass is 9.94. The highest BCUT2D eigenvalue weighted by Gasteiger charge is 2.19. The Morgan fingerprint density at radius 2 is 2.05 bits per heavy atom. The van der Waals surface area contributed by atoms with Crippen molar-refractivity contribution in [2.24, 2.45) is 11.3 Å². The first-order chi connectivity index (χ1) is 8.80. The van der Waals surface area contributed by atoms with Gasteiger partial charge in [0.1, 0.15) is 0 Å². The number of rotatable bonds is 7. The van der Waals surface area contributed by atoms with E-state index < -0.39 is 0 Å². The molecule has 1 rings (SSSR count). The van der Waals surface area contributed by atoms with Crippen LogP contribution in [0, 0.1) is 17.2 Å². The summed E-state index contributed by atoms with van der Waals surface area (Å²) in [5.41, 5.74) is -0.0380. The van der Waals surface area contributed by atoms with Gasteiger partial charge in [-0.05, 0) is 30.7 Å². The van der Waals surface area contributed by atoms with Crippen LogP contribution in [0.4, 0.5) is 4.39 Å². The first kappa shape index (κ1) is 16.4. The summed E-state index contributed by atoms with van der Waals surface area (Å²) in [5.74, 6) is 0.597. The van der Waals surface area contributed by atoms with Gasteiger partial charge >= 0.3 is 0 Å². The third kappa shape index (κ3) is 6.39. The second kappa shape index (κ2) is 7.25. The van der Waals surface area contributed by atoms with Crippen LogP contribution in [0.2, 0.25) is 0 Å². The molecule has 0 fully saturated rings. The molecule has 108 valence electrons. The van der Waals surface area contributed by atoms with Crippen LogP contribution in [0.1, 0.15) is 27.7 Å². The van der Waals surface area contributed by atoms with Crippen LogP contribution in [-0.2, 0) is 0 Å². The molecule has 1 aromatic carbocycles. The molecule has 1 N–H and O–H groups in total. The molecule has 4 heteroatoms. The van der Waals surface area contributed by atoms with Crippen molar-refractivity contribution in [2.75, 3.05) is 19.7 Å². The zero-order valence-corrected chi connectivity index (χ0v) is 13.7. The molecule has 1 aromatic rings. The summed E-state index contributed by atoms with van der Waals surface area (Å²) in [4.78, 5) is 0. The predicted octanol–water partition coefficient (Wildman–Crippen LogP) is 4.24. The molecule has 0 spiro atoms. The summed E-state index contributed by atoms with van der Waals surface area (Å²) < 4.78 is 20.0. The highest BCUT2D eigenvalue weighted by atomic mass is 79.9. The lowest BCUT2D eigenvalue weighted by Crippen LogP contribution is -2.36. The molecule has 0 aliphatic heterocycles. The van der Waals surface area contributed by atoms with E-state index >= 15 is 0 Å². The van der Waals surface area contributed by atoms with Crippen LogP contribution >= 0.6 is 15.9 Å². The zero-order chi connectivity index (χ0) is 14.5. The molecular weight excluding hydrogens is 309 g/mol. The van der Waals surface area contributed by atoms with Gasteiger partial charge in [0.25, 0.3) is 0 Å². The largest absolute Gasteiger partial charge is 0.490 e. The van der Waals surface area contributed by atoms with Crippen molar-refractivity contribution < 1.29 is 9.13 Å². The molecule has 0 saturated heterocycles. The third-order valence-corrected chi connectivity index (χ3v) is 3.16. The average Bonchev–Trinajstić information content (AvgIpc) is 2.30. The number of nitrogens with one attached hydrogen (secondary N) is 1. The second-order valence-corrected chi connectivity index (χ2v) is 6.97. The Morgan fingerprint density at radius 1 is 1.37 bits per heavy atom. The minimum Gasteiger partial charge on any atom is -0.490 e. The van der Waals surface area contributed by atoms with Gasteiger partial charge in [-0.2, -0.15) is 0 Å². The number of ether oxygens (including phenoxy) is 1. The van der Waals surface area contributed by atoms with Crippen molar-refractivity contribution >= 4 is 15.9 Å². The average molecular weight is 332 g/mol. The molecule has 0 aliphatic carbocycles. The lowest BCUT2D eigenvalue weighted by Gasteiger charge is -2.26. The van der Waals surface area contributed by atoms with Crippen molar-refractivity contribution in [2.45, 2.75) is 27.7 Å². The molecule has 0 heterocycles. The second-order valence-electron chi connectivity index (χ2n) is 6.05. The van der Waals surface area contributed by atoms with Gasteiger partial charge < -0.3 is 10.1 Å². The molecular formula is C15H23BrFNO. The molecule has 0 unspecified atom stereocenters. The molecule has 0 bridgehead atoms. The van der Waals surface area contributed by atoms with Gasteiger partial charge in [-0.15, -0.1) is 0 Å². The van der Waals surface area contributed by atoms with E-state index in [2.05, 4.69) is 48.9 Å². The fraction of sp³-hybridized carbons (Fsp3) is 0.600. The summed E-state index contributed by atoms with van der Waals surface area (Å²) in [6.07, 6.45) is 0. The van der Waals surface area contributed by atoms with Crippen molar-refractivity contribution in [1.82, 2.24) is 5.32 Å². The molecule has 0 aliphatic rings. The normalized spacial score (nSPS) is 11.9. The van der Waals surface area contributed by atoms with Crippen LogP contribution in [0.15, 0.2) is 22.7 Å². The predicted molar refractivity (Wildman–Crippen MR) is 81.1 cm³/mol. The molecule has 0 radical (unpaired) electrons. The van der Waals surface area contributed by atoms with Crippen LogP contribution < -0.4 is 10.1 Å². The maximum absolute atomic E-state index is 13.5. The monoisotopic (exact) mass is 331 g/mol. The molecule has 0 aromatic heterocycles. The smallest absolute Gasteiger partial charge is 0.165 e. The summed E-state index contributed by atoms with van der Waals surface area (Å²) in [5, 5.41) is 3.40. The first-order valence-corrected chi connectivity index (χ1v) is 7.38. The van der Waals surface area contributed by atoms with Gasteiger partial charge in [0.2, 0.25) is 0 Å². The number of halogens is 2. The topological polar surface area (TPSA) is 21.3 Å². The maximum Gasteiger partial charge on any atom is 0.165 e. The van der Waals surface area contributed by atoms with Crippen molar-refractivity contribution in [3.05, 3.63) is 28.5 Å². The van der Waals surface area contributed by atoms with E-state index in [-0.39, 0.29) is 11.2 Å². The van der Waals surface area contributed by atoms with Gasteiger partial charge in [-0.3, -0.25) is 0 Å². The number of hydrogen-bond acceptors (Lipinski definition) is 2. The minimum atomic E-state index is -0.325. The van der Waals surface area contributed by atoms with Crippen molar-refractivity contribution in [3.63, 3.8) is 0 Å². The van der Waals surface area contributed by atoms with Gasteiger partial charge in [-0.1, -0.05) is 43.6 Å². The van der Waals surface area contributed by atoms with E-state index in [4.69, 9.17) is 4.74 Å². The quantitative estimate of drug-likeness (QED) is 0.806. The van der Waals surface area contributed by atoms with Crippen LogP contribution in [-0.4, -0.2) is 19.7 Å². The summed E-state index contributed by atoms with van der Waals surface area (Å²) in [6.45, 7) is 10.9. The standard InChI is InChI=1S/C15H23BrFNO/c1-11(2)8-18-9-15(3,4)10-19-14-7-12(16)5-6-13(14)17/h5-7,11,18H,8-10H2,1-4H3. The Hall–Kier alpha value is -0.610. The lowest BCUT2D eigenvalue weighted by molar-refractivity contribution is 0.170. The Labute approximate surface area is 123 Å². The summed E-state index contributed by atoms with van der Waals surface area (Å²) in [6, 6.07) is 4.73. The van der Waals surface area contributed by atoms with E-state index in [0.29, 0.717) is 18.3 Å². The third-order valence-electron chi connectivity index (χ3n) is 2.67. The van der Waals surface area contributed by atoms with E-state index in [1.807, 2.05) is 0 Å². The van der Waals surface area contributed by atoms with E-state index in [1.165, 1.54) is 6.07 Å². The highest BCUT2D eigenvalue weighted by molar-refractivity contribution is 9.10. The highest BCUT2D eigenvalue weighted by Crippen LogP contribution is 2.24. The Bertz CT molecular complexity index is 407. The Balaban J connectivity index is 2.47. The van der Waals surface area contributed by atoms with Crippen molar-refractivity contribution in [1.29, 1.82) is 0 Å². The molecule has 19 heavy (non-hydrogen) atoms. The van der Waals surface area contributed by atoms with Gasteiger partial charge in [0, 0.05) is 16.4 Å². The molecule has 0 amide bonds. The fourth-order valence-electron chi connectivity index (χ4n) is 1.61. The first-order valence-electron chi connectivity index (χ1n) is 6.59. The fourth-order valence-corrected chi connectivity index (χ4v) is 1.95. The number of hydrogen-bond donors (Lipinski definition) is 1. The van der Waals surface area contributed by atoms with E-state index in [1.54, 1.807) is 12.1 Å². The molecule has 0 saturated carbocycles. The SMILES string of the molecule is CC(C)CNCC(C)(C)COc1cc(Br)ccc1F. The summed E-state index contributed by atoms with van der Waals surface area (Å²) >= 11 is 3.32. The van der Waals surface area contributed by atoms with E-state index in [9.17, 15) is 4.39 Å². The summed E-state index contributed by atoms with van der Waals surface area (Å²) in [7, 11) is 0. The Morgan fingerprint density at radius 3 is 2.68 bits per heavy atom. The zero-order valence-electron chi connectivity index (χ0n) is 12.1. The van der Waals surface area contributed by atoms with Gasteiger partial charge in [0.15, 0.2) is 11.6 Å². The van der Waals surface area contributed by atoms with E-state index in [0.717, 1.165) is 17.6 Å². The number of benzene rings is 1. The van der Waals surface area contributed by atoms with Crippen LogP contribution in [0.5, 0.6) is 5.75 Å². The Kier molecular flexibility index (Phi) is 6.27.